The van der Waals surface area contributed by atoms with Gasteiger partial charge in [-0.15, -0.1) is 0 Å². The SMILES string of the molecule is Cn1ccc2cc(C(=O)NC(C)(C)Cc3cccc(Br)c3)cnc21. The Morgan fingerprint density at radius 1 is 1.29 bits per heavy atom. The maximum absolute atomic E-state index is 12.6. The highest BCUT2D eigenvalue weighted by molar-refractivity contribution is 9.10. The van der Waals surface area contributed by atoms with Crippen LogP contribution in [0.3, 0.4) is 0 Å². The number of halogens is 1. The number of aryl methyl sites for hydroxylation is 1. The van der Waals surface area contributed by atoms with Crippen LogP contribution in [0.15, 0.2) is 53.3 Å². The molecule has 0 spiro atoms. The number of carbonyl (C=O) groups excluding carboxylic acids is 1. The quantitative estimate of drug-likeness (QED) is 0.734. The molecular formula is C19H20BrN3O. The van der Waals surface area contributed by atoms with Gasteiger partial charge in [0, 0.05) is 34.8 Å². The van der Waals surface area contributed by atoms with Gasteiger partial charge in [0.05, 0.1) is 5.56 Å². The fourth-order valence-corrected chi connectivity index (χ4v) is 3.31. The number of amides is 1. The normalized spacial score (nSPS) is 11.7. The summed E-state index contributed by atoms with van der Waals surface area (Å²) in [6, 6.07) is 12.0. The third kappa shape index (κ3) is 3.67. The Morgan fingerprint density at radius 2 is 2.08 bits per heavy atom. The van der Waals surface area contributed by atoms with Crippen molar-refractivity contribution in [3.05, 3.63) is 64.4 Å². The van der Waals surface area contributed by atoms with Crippen molar-refractivity contribution in [3.63, 3.8) is 0 Å². The van der Waals surface area contributed by atoms with E-state index in [0.29, 0.717) is 5.56 Å². The van der Waals surface area contributed by atoms with E-state index >= 15 is 0 Å². The summed E-state index contributed by atoms with van der Waals surface area (Å²) in [6.07, 6.45) is 4.32. The summed E-state index contributed by atoms with van der Waals surface area (Å²) < 4.78 is 2.98. The molecule has 5 heteroatoms. The molecule has 0 saturated carbocycles. The number of nitrogens with zero attached hydrogens (tertiary/aromatic N) is 2. The highest BCUT2D eigenvalue weighted by atomic mass is 79.9. The van der Waals surface area contributed by atoms with Crippen LogP contribution < -0.4 is 5.32 Å². The van der Waals surface area contributed by atoms with Crippen LogP contribution in [0.1, 0.15) is 29.8 Å². The maximum atomic E-state index is 12.6. The summed E-state index contributed by atoms with van der Waals surface area (Å²) in [5.74, 6) is -0.103. The first kappa shape index (κ1) is 16.7. The van der Waals surface area contributed by atoms with Crippen LogP contribution in [0.4, 0.5) is 0 Å². The van der Waals surface area contributed by atoms with E-state index in [9.17, 15) is 4.79 Å². The number of nitrogens with one attached hydrogen (secondary N) is 1. The summed E-state index contributed by atoms with van der Waals surface area (Å²) in [7, 11) is 1.94. The van der Waals surface area contributed by atoms with Gasteiger partial charge in [-0.3, -0.25) is 4.79 Å². The predicted molar refractivity (Wildman–Crippen MR) is 100 cm³/mol. The molecule has 0 fully saturated rings. The van der Waals surface area contributed by atoms with E-state index in [1.165, 1.54) is 5.56 Å². The van der Waals surface area contributed by atoms with Crippen LogP contribution in [-0.4, -0.2) is 21.0 Å². The lowest BCUT2D eigenvalue weighted by Crippen LogP contribution is -2.45. The van der Waals surface area contributed by atoms with Gasteiger partial charge in [0.1, 0.15) is 5.65 Å². The average molecular weight is 386 g/mol. The minimum absolute atomic E-state index is 0.103. The highest BCUT2D eigenvalue weighted by Crippen LogP contribution is 2.19. The van der Waals surface area contributed by atoms with Crippen molar-refractivity contribution in [2.45, 2.75) is 25.8 Å². The zero-order valence-corrected chi connectivity index (χ0v) is 15.6. The first-order valence-corrected chi connectivity index (χ1v) is 8.61. The van der Waals surface area contributed by atoms with E-state index < -0.39 is 0 Å². The molecule has 3 rings (SSSR count). The first-order valence-electron chi connectivity index (χ1n) is 7.82. The Kier molecular flexibility index (Phi) is 4.45. The molecule has 1 amide bonds. The molecule has 0 aliphatic rings. The van der Waals surface area contributed by atoms with E-state index in [-0.39, 0.29) is 11.4 Å². The van der Waals surface area contributed by atoms with E-state index in [2.05, 4.69) is 38.4 Å². The summed E-state index contributed by atoms with van der Waals surface area (Å²) in [6.45, 7) is 4.06. The second-order valence-corrected chi connectivity index (χ2v) is 7.62. The largest absolute Gasteiger partial charge is 0.347 e. The number of carbonyl (C=O) groups is 1. The number of hydrogen-bond acceptors (Lipinski definition) is 2. The molecule has 0 saturated heterocycles. The van der Waals surface area contributed by atoms with Crippen molar-refractivity contribution in [1.82, 2.24) is 14.9 Å². The van der Waals surface area contributed by atoms with Gasteiger partial charge in [-0.25, -0.2) is 4.98 Å². The summed E-state index contributed by atoms with van der Waals surface area (Å²) in [5, 5.41) is 4.08. The third-order valence-corrected chi connectivity index (χ3v) is 4.45. The smallest absolute Gasteiger partial charge is 0.253 e. The van der Waals surface area contributed by atoms with Crippen molar-refractivity contribution < 1.29 is 4.79 Å². The lowest BCUT2D eigenvalue weighted by molar-refractivity contribution is 0.0913. The van der Waals surface area contributed by atoms with Gasteiger partial charge in [-0.2, -0.15) is 0 Å². The molecule has 1 aromatic carbocycles. The second-order valence-electron chi connectivity index (χ2n) is 6.71. The molecule has 4 nitrogen and oxygen atoms in total. The molecule has 2 aromatic heterocycles. The molecule has 1 N–H and O–H groups in total. The Labute approximate surface area is 150 Å². The van der Waals surface area contributed by atoms with E-state index in [1.54, 1.807) is 6.20 Å². The fourth-order valence-electron chi connectivity index (χ4n) is 2.86. The number of fused-ring (bicyclic) bond motifs is 1. The standard InChI is InChI=1S/C19H20BrN3O/c1-19(2,11-13-5-4-6-16(20)9-13)22-18(24)15-10-14-7-8-23(3)17(14)21-12-15/h4-10,12H,11H2,1-3H3,(H,22,24). The van der Waals surface area contributed by atoms with Crippen molar-refractivity contribution >= 4 is 32.9 Å². The molecule has 0 aliphatic heterocycles. The van der Waals surface area contributed by atoms with Crippen molar-refractivity contribution in [1.29, 1.82) is 0 Å². The van der Waals surface area contributed by atoms with Gasteiger partial charge in [-0.05, 0) is 50.1 Å². The molecule has 124 valence electrons. The number of rotatable bonds is 4. The Morgan fingerprint density at radius 3 is 2.83 bits per heavy atom. The predicted octanol–water partition coefficient (Wildman–Crippen LogP) is 4.09. The molecule has 0 atom stereocenters. The second kappa shape index (κ2) is 6.40. The summed E-state index contributed by atoms with van der Waals surface area (Å²) in [4.78, 5) is 17.0. The monoisotopic (exact) mass is 385 g/mol. The zero-order valence-electron chi connectivity index (χ0n) is 14.0. The topological polar surface area (TPSA) is 46.9 Å². The van der Waals surface area contributed by atoms with Crippen LogP contribution in [0.5, 0.6) is 0 Å². The lowest BCUT2D eigenvalue weighted by atomic mass is 9.94. The van der Waals surface area contributed by atoms with Crippen molar-refractivity contribution in [2.75, 3.05) is 0 Å². The maximum Gasteiger partial charge on any atom is 0.253 e. The van der Waals surface area contributed by atoms with Gasteiger partial charge < -0.3 is 9.88 Å². The van der Waals surface area contributed by atoms with Gasteiger partial charge in [0.25, 0.3) is 5.91 Å². The zero-order chi connectivity index (χ0) is 17.3. The molecule has 0 unspecified atom stereocenters. The van der Waals surface area contributed by atoms with Crippen LogP contribution in [0, 0.1) is 0 Å². The van der Waals surface area contributed by atoms with E-state index in [4.69, 9.17) is 0 Å². The lowest BCUT2D eigenvalue weighted by Gasteiger charge is -2.26. The van der Waals surface area contributed by atoms with E-state index in [0.717, 1.165) is 21.9 Å². The number of benzene rings is 1. The number of hydrogen-bond donors (Lipinski definition) is 1. The first-order chi connectivity index (χ1) is 11.3. The van der Waals surface area contributed by atoms with Gasteiger partial charge >= 0.3 is 0 Å². The molecule has 0 bridgehead atoms. The summed E-state index contributed by atoms with van der Waals surface area (Å²) in [5.41, 5.74) is 2.27. The van der Waals surface area contributed by atoms with Gasteiger partial charge in [0.2, 0.25) is 0 Å². The van der Waals surface area contributed by atoms with Crippen LogP contribution in [0.25, 0.3) is 11.0 Å². The average Bonchev–Trinajstić information content (AvgIpc) is 2.87. The number of aromatic nitrogens is 2. The summed E-state index contributed by atoms with van der Waals surface area (Å²) >= 11 is 3.48. The third-order valence-electron chi connectivity index (χ3n) is 3.96. The van der Waals surface area contributed by atoms with Crippen molar-refractivity contribution in [2.24, 2.45) is 7.05 Å². The molecule has 0 aliphatic carbocycles. The fraction of sp³-hybridized carbons (Fsp3) is 0.263. The van der Waals surface area contributed by atoms with E-state index in [1.807, 2.05) is 55.9 Å². The van der Waals surface area contributed by atoms with Crippen molar-refractivity contribution in [3.8, 4) is 0 Å². The van der Waals surface area contributed by atoms with Crippen LogP contribution in [-0.2, 0) is 13.5 Å². The number of pyridine rings is 1. The molecule has 0 radical (unpaired) electrons. The molecule has 3 aromatic rings. The molecule has 24 heavy (non-hydrogen) atoms. The van der Waals surface area contributed by atoms with Gasteiger partial charge in [-0.1, -0.05) is 28.1 Å². The van der Waals surface area contributed by atoms with Crippen LogP contribution in [0.2, 0.25) is 0 Å². The Hall–Kier alpha value is -2.14. The Balaban J connectivity index is 1.76. The van der Waals surface area contributed by atoms with Crippen LogP contribution >= 0.6 is 15.9 Å². The minimum atomic E-state index is -0.358. The molecular weight excluding hydrogens is 366 g/mol. The van der Waals surface area contributed by atoms with Gasteiger partial charge in [0.15, 0.2) is 0 Å². The minimum Gasteiger partial charge on any atom is -0.347 e. The highest BCUT2D eigenvalue weighted by Gasteiger charge is 2.22. The molecule has 2 heterocycles. The Bertz CT molecular complexity index is 899.